The molecule has 0 aromatic heterocycles. The summed E-state index contributed by atoms with van der Waals surface area (Å²) in [6.45, 7) is 6.95. The third-order valence-electron chi connectivity index (χ3n) is 1.76. The summed E-state index contributed by atoms with van der Waals surface area (Å²) in [6.07, 6.45) is 3.74. The van der Waals surface area contributed by atoms with Crippen LogP contribution in [0.15, 0.2) is 49.8 Å². The lowest BCUT2D eigenvalue weighted by atomic mass is 10.1. The smallest absolute Gasteiger partial charge is 0.342 e. The highest BCUT2D eigenvalue weighted by atomic mass is 16.5. The average Bonchev–Trinajstić information content (AvgIpc) is 2.20. The van der Waals surface area contributed by atoms with E-state index >= 15 is 0 Å². The highest BCUT2D eigenvalue weighted by Crippen LogP contribution is 2.06. The fraction of sp³-hybridized carbons (Fsp3) is 0.0833. The number of benzene rings is 1. The van der Waals surface area contributed by atoms with Crippen LogP contribution in [0.3, 0.4) is 0 Å². The highest BCUT2D eigenvalue weighted by Gasteiger charge is 2.03. The normalized spacial score (nSPS) is 9.14. The molecule has 72 valence electrons. The van der Waals surface area contributed by atoms with Gasteiger partial charge in [0.15, 0.2) is 0 Å². The third kappa shape index (κ3) is 2.59. The molecular formula is C12H12O2. The highest BCUT2D eigenvalue weighted by molar-refractivity contribution is 5.89. The first-order chi connectivity index (χ1) is 6.77. The molecule has 0 bridgehead atoms. The molecule has 0 aliphatic rings. The number of esters is 1. The van der Waals surface area contributed by atoms with Crippen LogP contribution in [0.4, 0.5) is 0 Å². The Morgan fingerprint density at radius 3 is 2.43 bits per heavy atom. The van der Waals surface area contributed by atoms with Crippen LogP contribution in [0, 0.1) is 0 Å². The second kappa shape index (κ2) is 5.02. The lowest BCUT2D eigenvalue weighted by Crippen LogP contribution is -1.99. The van der Waals surface area contributed by atoms with Crippen molar-refractivity contribution in [2.45, 2.75) is 6.42 Å². The summed E-state index contributed by atoms with van der Waals surface area (Å²) >= 11 is 0. The minimum Gasteiger partial charge on any atom is -0.432 e. The molecule has 1 aromatic carbocycles. The number of rotatable bonds is 4. The summed E-state index contributed by atoms with van der Waals surface area (Å²) in [5.41, 5.74) is 1.65. The maximum atomic E-state index is 11.2. The Hall–Kier alpha value is -1.83. The third-order valence-corrected chi connectivity index (χ3v) is 1.76. The van der Waals surface area contributed by atoms with Crippen molar-refractivity contribution in [2.24, 2.45) is 0 Å². The first-order valence-corrected chi connectivity index (χ1v) is 4.29. The molecule has 0 fully saturated rings. The molecule has 0 amide bonds. The van der Waals surface area contributed by atoms with E-state index in [0.717, 1.165) is 18.2 Å². The minimum atomic E-state index is -0.384. The molecule has 1 rings (SSSR count). The van der Waals surface area contributed by atoms with Crippen LogP contribution in [0.1, 0.15) is 15.9 Å². The van der Waals surface area contributed by atoms with Crippen LogP contribution >= 0.6 is 0 Å². The number of hydrogen-bond donors (Lipinski definition) is 0. The topological polar surface area (TPSA) is 26.3 Å². The Kier molecular flexibility index (Phi) is 3.68. The summed E-state index contributed by atoms with van der Waals surface area (Å²) in [5, 5.41) is 0. The number of ether oxygens (including phenoxy) is 1. The van der Waals surface area contributed by atoms with Crippen molar-refractivity contribution >= 4 is 5.97 Å². The van der Waals surface area contributed by atoms with Crippen LogP contribution < -0.4 is 0 Å². The fourth-order valence-corrected chi connectivity index (χ4v) is 1.09. The van der Waals surface area contributed by atoms with E-state index in [4.69, 9.17) is 0 Å². The van der Waals surface area contributed by atoms with Gasteiger partial charge in [-0.25, -0.2) is 4.79 Å². The largest absolute Gasteiger partial charge is 0.432 e. The predicted molar refractivity (Wildman–Crippen MR) is 56.0 cm³/mol. The Labute approximate surface area is 83.5 Å². The van der Waals surface area contributed by atoms with Crippen molar-refractivity contribution in [3.05, 3.63) is 60.9 Å². The second-order valence-electron chi connectivity index (χ2n) is 2.76. The molecule has 0 atom stereocenters. The molecule has 0 aliphatic carbocycles. The van der Waals surface area contributed by atoms with E-state index in [9.17, 15) is 4.79 Å². The molecular weight excluding hydrogens is 176 g/mol. The number of carbonyl (C=O) groups is 1. The van der Waals surface area contributed by atoms with Crippen molar-refractivity contribution < 1.29 is 9.53 Å². The summed E-state index contributed by atoms with van der Waals surface area (Å²) in [6, 6.07) is 7.21. The van der Waals surface area contributed by atoms with E-state index in [0.29, 0.717) is 5.56 Å². The van der Waals surface area contributed by atoms with Crippen molar-refractivity contribution in [3.8, 4) is 0 Å². The summed E-state index contributed by atoms with van der Waals surface area (Å²) in [4.78, 5) is 11.2. The Morgan fingerprint density at radius 2 is 1.93 bits per heavy atom. The van der Waals surface area contributed by atoms with Gasteiger partial charge < -0.3 is 4.74 Å². The van der Waals surface area contributed by atoms with Gasteiger partial charge in [-0.3, -0.25) is 0 Å². The zero-order valence-corrected chi connectivity index (χ0v) is 7.90. The predicted octanol–water partition coefficient (Wildman–Crippen LogP) is 2.72. The molecule has 0 saturated carbocycles. The van der Waals surface area contributed by atoms with Gasteiger partial charge in [-0.15, -0.1) is 6.58 Å². The molecule has 0 unspecified atom stereocenters. The lowest BCUT2D eigenvalue weighted by molar-refractivity contribution is 0.0664. The van der Waals surface area contributed by atoms with Gasteiger partial charge >= 0.3 is 5.97 Å². The molecule has 14 heavy (non-hydrogen) atoms. The minimum absolute atomic E-state index is 0.384. The molecule has 2 heteroatoms. The van der Waals surface area contributed by atoms with Gasteiger partial charge in [0.2, 0.25) is 0 Å². The van der Waals surface area contributed by atoms with Crippen LogP contribution in [-0.4, -0.2) is 5.97 Å². The number of allylic oxidation sites excluding steroid dienone is 1. The van der Waals surface area contributed by atoms with Crippen LogP contribution in [0.25, 0.3) is 0 Å². The molecule has 0 N–H and O–H groups in total. The molecule has 1 aromatic rings. The van der Waals surface area contributed by atoms with Gasteiger partial charge in [-0.1, -0.05) is 24.8 Å². The van der Waals surface area contributed by atoms with Gasteiger partial charge in [-0.2, -0.15) is 0 Å². The van der Waals surface area contributed by atoms with Gasteiger partial charge in [0.25, 0.3) is 0 Å². The van der Waals surface area contributed by atoms with E-state index in [1.807, 2.05) is 18.2 Å². The first kappa shape index (κ1) is 10.3. The lowest BCUT2D eigenvalue weighted by Gasteiger charge is -2.00. The molecule has 2 nitrogen and oxygen atoms in total. The van der Waals surface area contributed by atoms with E-state index in [-0.39, 0.29) is 5.97 Å². The van der Waals surface area contributed by atoms with Crippen LogP contribution in [0.5, 0.6) is 0 Å². The second-order valence-corrected chi connectivity index (χ2v) is 2.76. The average molecular weight is 188 g/mol. The number of carbonyl (C=O) groups excluding carboxylic acids is 1. The van der Waals surface area contributed by atoms with Gasteiger partial charge in [0.1, 0.15) is 0 Å². The molecule has 0 heterocycles. The monoisotopic (exact) mass is 188 g/mol. The van der Waals surface area contributed by atoms with Gasteiger partial charge in [0, 0.05) is 0 Å². The zero-order chi connectivity index (χ0) is 10.4. The van der Waals surface area contributed by atoms with E-state index in [1.54, 1.807) is 12.1 Å². The van der Waals surface area contributed by atoms with Crippen LogP contribution in [0.2, 0.25) is 0 Å². The quantitative estimate of drug-likeness (QED) is 0.412. The fourth-order valence-electron chi connectivity index (χ4n) is 1.09. The zero-order valence-electron chi connectivity index (χ0n) is 7.90. The standard InChI is InChI=1S/C12H12O2/c1-3-5-10-6-8-11(9-7-10)12(13)14-4-2/h3-4,6-9H,1-2,5H2. The SMILES string of the molecule is C=CCc1ccc(C(=O)OC=C)cc1. The Morgan fingerprint density at radius 1 is 1.29 bits per heavy atom. The van der Waals surface area contributed by atoms with E-state index in [1.165, 1.54) is 0 Å². The number of hydrogen-bond acceptors (Lipinski definition) is 2. The van der Waals surface area contributed by atoms with Gasteiger partial charge in [0.05, 0.1) is 11.8 Å². The van der Waals surface area contributed by atoms with E-state index < -0.39 is 0 Å². The van der Waals surface area contributed by atoms with Crippen molar-refractivity contribution in [1.29, 1.82) is 0 Å². The maximum Gasteiger partial charge on any atom is 0.342 e. The Balaban J connectivity index is 2.76. The summed E-state index contributed by atoms with van der Waals surface area (Å²) in [5.74, 6) is -0.384. The van der Waals surface area contributed by atoms with Crippen LogP contribution in [-0.2, 0) is 11.2 Å². The maximum absolute atomic E-state index is 11.2. The molecule has 0 saturated heterocycles. The van der Waals surface area contributed by atoms with Gasteiger partial charge in [-0.05, 0) is 24.1 Å². The molecule has 0 radical (unpaired) electrons. The first-order valence-electron chi connectivity index (χ1n) is 4.29. The van der Waals surface area contributed by atoms with Crippen molar-refractivity contribution in [1.82, 2.24) is 0 Å². The van der Waals surface area contributed by atoms with E-state index in [2.05, 4.69) is 17.9 Å². The van der Waals surface area contributed by atoms with Crippen molar-refractivity contribution in [3.63, 3.8) is 0 Å². The summed E-state index contributed by atoms with van der Waals surface area (Å²) < 4.78 is 4.63. The Bertz CT molecular complexity index is 336. The summed E-state index contributed by atoms with van der Waals surface area (Å²) in [7, 11) is 0. The molecule has 0 spiro atoms. The molecule has 0 aliphatic heterocycles. The van der Waals surface area contributed by atoms with Crippen molar-refractivity contribution in [2.75, 3.05) is 0 Å².